The minimum atomic E-state index is -3.75. The lowest BCUT2D eigenvalue weighted by atomic mass is 10.2. The number of anilines is 1. The second kappa shape index (κ2) is 9.83. The van der Waals surface area contributed by atoms with Crippen LogP contribution in [0.5, 0.6) is 0 Å². The third kappa shape index (κ3) is 5.66. The summed E-state index contributed by atoms with van der Waals surface area (Å²) in [7, 11) is -3.75. The van der Waals surface area contributed by atoms with Crippen molar-refractivity contribution in [3.8, 4) is 0 Å². The first-order valence-corrected chi connectivity index (χ1v) is 11.8. The number of hydrogen-bond donors (Lipinski definition) is 1. The third-order valence-corrected chi connectivity index (χ3v) is 7.26. The molecular weight excluding hydrogens is 455 g/mol. The molecule has 3 aromatic carbocycles. The van der Waals surface area contributed by atoms with Gasteiger partial charge in [0.1, 0.15) is 0 Å². The smallest absolute Gasteiger partial charge is 0.255 e. The molecule has 0 heterocycles. The summed E-state index contributed by atoms with van der Waals surface area (Å²) in [5.74, 6) is -0.418. The number of benzene rings is 3. The van der Waals surface area contributed by atoms with Crippen LogP contribution in [0.2, 0.25) is 10.0 Å². The second-order valence-electron chi connectivity index (χ2n) is 7.23. The molecule has 3 rings (SSSR count). The molecule has 0 aromatic heterocycles. The Morgan fingerprint density at radius 2 is 1.61 bits per heavy atom. The van der Waals surface area contributed by atoms with E-state index < -0.39 is 15.9 Å². The number of amides is 1. The highest BCUT2D eigenvalue weighted by Crippen LogP contribution is 2.26. The zero-order valence-corrected chi connectivity index (χ0v) is 19.4. The Morgan fingerprint density at radius 1 is 0.968 bits per heavy atom. The van der Waals surface area contributed by atoms with E-state index in [2.05, 4.69) is 5.32 Å². The van der Waals surface area contributed by atoms with Gasteiger partial charge in [-0.25, -0.2) is 8.42 Å². The maximum Gasteiger partial charge on any atom is 0.255 e. The minimum Gasteiger partial charge on any atom is -0.321 e. The first-order valence-electron chi connectivity index (χ1n) is 9.60. The fourth-order valence-electron chi connectivity index (χ4n) is 3.01. The summed E-state index contributed by atoms with van der Waals surface area (Å²) < 4.78 is 27.9. The van der Waals surface area contributed by atoms with Gasteiger partial charge in [0.15, 0.2) is 0 Å². The van der Waals surface area contributed by atoms with Crippen LogP contribution in [0, 0.1) is 0 Å². The van der Waals surface area contributed by atoms with Crippen LogP contribution in [0.3, 0.4) is 0 Å². The van der Waals surface area contributed by atoms with Crippen LogP contribution in [0.15, 0.2) is 77.7 Å². The normalized spacial score (nSPS) is 11.7. The zero-order valence-electron chi connectivity index (χ0n) is 17.0. The number of halogens is 2. The highest BCUT2D eigenvalue weighted by atomic mass is 35.5. The molecule has 1 N–H and O–H groups in total. The molecule has 0 aliphatic carbocycles. The second-order valence-corrected chi connectivity index (χ2v) is 9.97. The van der Waals surface area contributed by atoms with Gasteiger partial charge in [-0.2, -0.15) is 4.31 Å². The van der Waals surface area contributed by atoms with Gasteiger partial charge in [0, 0.05) is 23.2 Å². The highest BCUT2D eigenvalue weighted by Gasteiger charge is 2.27. The molecule has 0 aliphatic heterocycles. The van der Waals surface area contributed by atoms with Crippen LogP contribution < -0.4 is 5.32 Å². The number of sulfonamides is 1. The van der Waals surface area contributed by atoms with E-state index in [0.717, 1.165) is 5.56 Å². The molecule has 0 radical (unpaired) electrons. The van der Waals surface area contributed by atoms with E-state index in [1.165, 1.54) is 28.6 Å². The first-order chi connectivity index (χ1) is 14.7. The van der Waals surface area contributed by atoms with E-state index in [1.807, 2.05) is 44.2 Å². The van der Waals surface area contributed by atoms with Gasteiger partial charge in [-0.05, 0) is 61.9 Å². The summed E-state index contributed by atoms with van der Waals surface area (Å²) in [6, 6.07) is 19.7. The summed E-state index contributed by atoms with van der Waals surface area (Å²) in [6.07, 6.45) is 0. The van der Waals surface area contributed by atoms with Crippen LogP contribution in [-0.2, 0) is 16.6 Å². The Kier molecular flexibility index (Phi) is 7.38. The van der Waals surface area contributed by atoms with Gasteiger partial charge in [-0.15, -0.1) is 0 Å². The van der Waals surface area contributed by atoms with Crippen molar-refractivity contribution in [3.63, 3.8) is 0 Å². The number of hydrogen-bond acceptors (Lipinski definition) is 3. The molecule has 0 spiro atoms. The van der Waals surface area contributed by atoms with E-state index in [4.69, 9.17) is 23.2 Å². The lowest BCUT2D eigenvalue weighted by molar-refractivity contribution is 0.102. The quantitative estimate of drug-likeness (QED) is 0.465. The molecule has 0 unspecified atom stereocenters. The van der Waals surface area contributed by atoms with E-state index in [0.29, 0.717) is 21.3 Å². The van der Waals surface area contributed by atoms with E-state index in [1.54, 1.807) is 18.2 Å². The van der Waals surface area contributed by atoms with E-state index in [-0.39, 0.29) is 17.5 Å². The standard InChI is InChI=1S/C23H22Cl2N2O3S/c1-16(2)27(15-17-6-4-3-5-7-17)31(29,30)20-11-8-18(9-12-20)23(28)26-22-14-19(24)10-13-21(22)25/h3-14,16H,15H2,1-2H3,(H,26,28). The Morgan fingerprint density at radius 3 is 2.23 bits per heavy atom. The Bertz CT molecular complexity index is 1170. The van der Waals surface area contributed by atoms with Crippen LogP contribution in [0.4, 0.5) is 5.69 Å². The summed E-state index contributed by atoms with van der Waals surface area (Å²) in [5, 5.41) is 3.47. The molecule has 0 saturated heterocycles. The Labute approximate surface area is 192 Å². The molecule has 0 atom stereocenters. The van der Waals surface area contributed by atoms with Crippen molar-refractivity contribution in [1.29, 1.82) is 0 Å². The molecule has 1 amide bonds. The fraction of sp³-hybridized carbons (Fsp3) is 0.174. The summed E-state index contributed by atoms with van der Waals surface area (Å²) in [5.41, 5.74) is 1.58. The van der Waals surface area contributed by atoms with E-state index in [9.17, 15) is 13.2 Å². The van der Waals surface area contributed by atoms with Crippen molar-refractivity contribution in [1.82, 2.24) is 4.31 Å². The van der Waals surface area contributed by atoms with Crippen molar-refractivity contribution in [3.05, 3.63) is 94.0 Å². The van der Waals surface area contributed by atoms with Gasteiger partial charge in [0.25, 0.3) is 5.91 Å². The van der Waals surface area contributed by atoms with Crippen LogP contribution in [0.25, 0.3) is 0 Å². The van der Waals surface area contributed by atoms with Crippen molar-refractivity contribution >= 4 is 44.8 Å². The monoisotopic (exact) mass is 476 g/mol. The average Bonchev–Trinajstić information content (AvgIpc) is 2.75. The predicted octanol–water partition coefficient (Wildman–Crippen LogP) is 5.85. The van der Waals surface area contributed by atoms with Crippen molar-refractivity contribution in [2.45, 2.75) is 31.3 Å². The van der Waals surface area contributed by atoms with Gasteiger partial charge in [-0.3, -0.25) is 4.79 Å². The first kappa shape index (κ1) is 23.3. The molecule has 0 fully saturated rings. The van der Waals surface area contributed by atoms with Crippen LogP contribution in [-0.4, -0.2) is 24.7 Å². The predicted molar refractivity (Wildman–Crippen MR) is 125 cm³/mol. The minimum absolute atomic E-state index is 0.120. The summed E-state index contributed by atoms with van der Waals surface area (Å²) >= 11 is 12.0. The largest absolute Gasteiger partial charge is 0.321 e. The molecule has 0 aliphatic rings. The lowest BCUT2D eigenvalue weighted by Crippen LogP contribution is -2.36. The number of carbonyl (C=O) groups is 1. The van der Waals surface area contributed by atoms with Crippen LogP contribution >= 0.6 is 23.2 Å². The fourth-order valence-corrected chi connectivity index (χ4v) is 4.97. The number of nitrogens with one attached hydrogen (secondary N) is 1. The Balaban J connectivity index is 1.81. The zero-order chi connectivity index (χ0) is 22.6. The number of carbonyl (C=O) groups excluding carboxylic acids is 1. The van der Waals surface area contributed by atoms with Gasteiger partial charge in [0.2, 0.25) is 10.0 Å². The average molecular weight is 477 g/mol. The summed E-state index contributed by atoms with van der Waals surface area (Å²) in [6.45, 7) is 3.92. The lowest BCUT2D eigenvalue weighted by Gasteiger charge is -2.26. The van der Waals surface area contributed by atoms with Crippen molar-refractivity contribution < 1.29 is 13.2 Å². The topological polar surface area (TPSA) is 66.5 Å². The maximum absolute atomic E-state index is 13.2. The summed E-state index contributed by atoms with van der Waals surface area (Å²) in [4.78, 5) is 12.7. The van der Waals surface area contributed by atoms with Gasteiger partial charge in [0.05, 0.1) is 15.6 Å². The molecule has 3 aromatic rings. The molecule has 8 heteroatoms. The molecule has 0 saturated carbocycles. The molecular formula is C23H22Cl2N2O3S. The van der Waals surface area contributed by atoms with E-state index >= 15 is 0 Å². The molecule has 162 valence electrons. The highest BCUT2D eigenvalue weighted by molar-refractivity contribution is 7.89. The number of rotatable bonds is 7. The van der Waals surface area contributed by atoms with Gasteiger partial charge in [-0.1, -0.05) is 53.5 Å². The van der Waals surface area contributed by atoms with Crippen LogP contribution in [0.1, 0.15) is 29.8 Å². The molecule has 5 nitrogen and oxygen atoms in total. The van der Waals surface area contributed by atoms with Gasteiger partial charge < -0.3 is 5.32 Å². The van der Waals surface area contributed by atoms with Crippen molar-refractivity contribution in [2.24, 2.45) is 0 Å². The third-order valence-electron chi connectivity index (χ3n) is 4.66. The SMILES string of the molecule is CC(C)N(Cc1ccccc1)S(=O)(=O)c1ccc(C(=O)Nc2cc(Cl)ccc2Cl)cc1. The van der Waals surface area contributed by atoms with Gasteiger partial charge >= 0.3 is 0 Å². The van der Waals surface area contributed by atoms with Crippen molar-refractivity contribution in [2.75, 3.05) is 5.32 Å². The Hall–Kier alpha value is -2.38. The molecule has 0 bridgehead atoms. The number of nitrogens with zero attached hydrogens (tertiary/aromatic N) is 1. The molecule has 31 heavy (non-hydrogen) atoms. The maximum atomic E-state index is 13.2.